The lowest BCUT2D eigenvalue weighted by molar-refractivity contribution is -0.126. The summed E-state index contributed by atoms with van der Waals surface area (Å²) < 4.78 is 5.49. The summed E-state index contributed by atoms with van der Waals surface area (Å²) in [5.74, 6) is 0.932. The zero-order chi connectivity index (χ0) is 10.3. The van der Waals surface area contributed by atoms with E-state index in [-0.39, 0.29) is 11.6 Å². The van der Waals surface area contributed by atoms with E-state index < -0.39 is 11.5 Å². The normalized spacial score (nSPS) is 36.0. The molecular formula is C11H14O3. The predicted octanol–water partition coefficient (Wildman–Crippen LogP) is 1.62. The molecule has 2 rings (SSSR count). The lowest BCUT2D eigenvalue weighted by Gasteiger charge is -2.24. The number of carbonyl (C=O) groups is 2. The molecule has 1 aliphatic heterocycles. The van der Waals surface area contributed by atoms with E-state index in [4.69, 9.17) is 4.74 Å². The Morgan fingerprint density at radius 2 is 2.36 bits per heavy atom. The van der Waals surface area contributed by atoms with Crippen LogP contribution in [0.4, 0.5) is 0 Å². The highest BCUT2D eigenvalue weighted by Crippen LogP contribution is 2.45. The number of fused-ring (bicyclic) bond motifs is 1. The molecule has 1 heterocycles. The van der Waals surface area contributed by atoms with Crippen molar-refractivity contribution >= 4 is 11.6 Å². The van der Waals surface area contributed by atoms with Crippen molar-refractivity contribution in [2.24, 2.45) is 5.41 Å². The fourth-order valence-corrected chi connectivity index (χ4v) is 2.16. The molecule has 1 fully saturated rings. The predicted molar refractivity (Wildman–Crippen MR) is 50.6 cm³/mol. The minimum Gasteiger partial charge on any atom is -0.486 e. The number of allylic oxidation sites excluding steroid dienone is 2. The summed E-state index contributed by atoms with van der Waals surface area (Å²) in [5.41, 5.74) is -0.519. The first-order valence-corrected chi connectivity index (χ1v) is 4.95. The second-order valence-corrected chi connectivity index (χ2v) is 4.28. The molecule has 0 spiro atoms. The topological polar surface area (TPSA) is 43.4 Å². The van der Waals surface area contributed by atoms with Crippen LogP contribution in [0.1, 0.15) is 33.1 Å². The van der Waals surface area contributed by atoms with Gasteiger partial charge < -0.3 is 4.74 Å². The minimum absolute atomic E-state index is 0.00863. The molecular weight excluding hydrogens is 180 g/mol. The number of ketones is 2. The van der Waals surface area contributed by atoms with Gasteiger partial charge in [-0.15, -0.1) is 0 Å². The molecule has 14 heavy (non-hydrogen) atoms. The third-order valence-electron chi connectivity index (χ3n) is 3.18. The van der Waals surface area contributed by atoms with E-state index in [1.54, 1.807) is 0 Å². The van der Waals surface area contributed by atoms with Crippen LogP contribution >= 0.6 is 0 Å². The van der Waals surface area contributed by atoms with E-state index in [1.807, 2.05) is 13.0 Å². The Morgan fingerprint density at radius 3 is 2.93 bits per heavy atom. The monoisotopic (exact) mass is 194 g/mol. The van der Waals surface area contributed by atoms with Gasteiger partial charge in [-0.3, -0.25) is 9.59 Å². The number of rotatable bonds is 1. The number of hydrogen-bond donors (Lipinski definition) is 0. The molecule has 2 aliphatic rings. The van der Waals surface area contributed by atoms with Crippen molar-refractivity contribution < 1.29 is 14.3 Å². The van der Waals surface area contributed by atoms with Crippen molar-refractivity contribution in [1.82, 2.24) is 0 Å². The van der Waals surface area contributed by atoms with Gasteiger partial charge >= 0.3 is 0 Å². The van der Waals surface area contributed by atoms with Crippen molar-refractivity contribution in [3.63, 3.8) is 0 Å². The highest BCUT2D eigenvalue weighted by Gasteiger charge is 2.49. The van der Waals surface area contributed by atoms with Gasteiger partial charge in [-0.25, -0.2) is 0 Å². The zero-order valence-corrected chi connectivity index (χ0v) is 8.50. The molecule has 2 atom stereocenters. The Kier molecular flexibility index (Phi) is 1.98. The van der Waals surface area contributed by atoms with Crippen LogP contribution in [0.25, 0.3) is 0 Å². The average molecular weight is 194 g/mol. The first-order valence-electron chi connectivity index (χ1n) is 4.95. The Morgan fingerprint density at radius 1 is 1.64 bits per heavy atom. The van der Waals surface area contributed by atoms with Crippen LogP contribution < -0.4 is 0 Å². The summed E-state index contributed by atoms with van der Waals surface area (Å²) in [6, 6.07) is 0. The van der Waals surface area contributed by atoms with Crippen LogP contribution in [-0.2, 0) is 14.3 Å². The summed E-state index contributed by atoms with van der Waals surface area (Å²) in [7, 11) is 0. The van der Waals surface area contributed by atoms with E-state index in [9.17, 15) is 9.59 Å². The number of hydrogen-bond acceptors (Lipinski definition) is 3. The Bertz CT molecular complexity index is 329. The first kappa shape index (κ1) is 9.44. The Labute approximate surface area is 83.1 Å². The van der Waals surface area contributed by atoms with Gasteiger partial charge in [0.2, 0.25) is 0 Å². The third kappa shape index (κ3) is 1.19. The van der Waals surface area contributed by atoms with Gasteiger partial charge in [0.05, 0.1) is 5.41 Å². The summed E-state index contributed by atoms with van der Waals surface area (Å²) in [4.78, 5) is 22.9. The van der Waals surface area contributed by atoms with E-state index in [1.165, 1.54) is 6.92 Å². The van der Waals surface area contributed by atoms with Gasteiger partial charge in [0.15, 0.2) is 11.9 Å². The molecule has 3 nitrogen and oxygen atoms in total. The maximum atomic E-state index is 11.7. The third-order valence-corrected chi connectivity index (χ3v) is 3.18. The maximum absolute atomic E-state index is 11.7. The Hall–Kier alpha value is -1.12. The zero-order valence-electron chi connectivity index (χ0n) is 8.50. The molecule has 3 heteroatoms. The molecule has 1 saturated heterocycles. The average Bonchev–Trinajstić information content (AvgIpc) is 2.45. The lowest BCUT2D eigenvalue weighted by Crippen LogP contribution is -2.29. The number of carbonyl (C=O) groups excluding carboxylic acids is 2. The standard InChI is InChI=1S/C11H14O3/c1-7(12)8-6-11(2)9(13)4-3-5-10(11)14-8/h5,8H,3-4,6H2,1-2H3. The Balaban J connectivity index is 2.31. The van der Waals surface area contributed by atoms with E-state index in [0.29, 0.717) is 18.6 Å². The molecule has 0 aromatic heterocycles. The molecule has 0 aromatic rings. The SMILES string of the molecule is CC(=O)C1CC2(C)C(=O)CCC=C2O1. The van der Waals surface area contributed by atoms with Gasteiger partial charge in [0.25, 0.3) is 0 Å². The fraction of sp³-hybridized carbons (Fsp3) is 0.636. The van der Waals surface area contributed by atoms with E-state index >= 15 is 0 Å². The summed E-state index contributed by atoms with van der Waals surface area (Å²) >= 11 is 0. The largest absolute Gasteiger partial charge is 0.486 e. The van der Waals surface area contributed by atoms with Gasteiger partial charge in [-0.1, -0.05) is 0 Å². The maximum Gasteiger partial charge on any atom is 0.170 e. The van der Waals surface area contributed by atoms with Crippen molar-refractivity contribution in [3.8, 4) is 0 Å². The highest BCUT2D eigenvalue weighted by atomic mass is 16.5. The van der Waals surface area contributed by atoms with Crippen LogP contribution in [0.15, 0.2) is 11.8 Å². The fourth-order valence-electron chi connectivity index (χ4n) is 2.16. The van der Waals surface area contributed by atoms with Crippen LogP contribution in [0.2, 0.25) is 0 Å². The molecule has 1 aliphatic carbocycles. The lowest BCUT2D eigenvalue weighted by atomic mass is 9.75. The number of Topliss-reactive ketones (excluding diaryl/α,β-unsaturated/α-hetero) is 2. The van der Waals surface area contributed by atoms with Gasteiger partial charge in [-0.05, 0) is 26.3 Å². The molecule has 0 aromatic carbocycles. The van der Waals surface area contributed by atoms with Crippen molar-refractivity contribution in [2.45, 2.75) is 39.2 Å². The second kappa shape index (κ2) is 2.94. The number of ether oxygens (including phenoxy) is 1. The second-order valence-electron chi connectivity index (χ2n) is 4.28. The van der Waals surface area contributed by atoms with Crippen LogP contribution in [0.3, 0.4) is 0 Å². The van der Waals surface area contributed by atoms with Crippen molar-refractivity contribution in [2.75, 3.05) is 0 Å². The molecule has 0 saturated carbocycles. The molecule has 0 amide bonds. The first-order chi connectivity index (χ1) is 6.54. The van der Waals surface area contributed by atoms with Crippen LogP contribution in [0.5, 0.6) is 0 Å². The van der Waals surface area contributed by atoms with E-state index in [2.05, 4.69) is 0 Å². The molecule has 76 valence electrons. The van der Waals surface area contributed by atoms with Crippen LogP contribution in [0, 0.1) is 5.41 Å². The molecule has 0 N–H and O–H groups in total. The minimum atomic E-state index is -0.519. The summed E-state index contributed by atoms with van der Waals surface area (Å²) in [6.45, 7) is 3.39. The van der Waals surface area contributed by atoms with Crippen LogP contribution in [-0.4, -0.2) is 17.7 Å². The summed E-state index contributed by atoms with van der Waals surface area (Å²) in [5, 5.41) is 0. The van der Waals surface area contributed by atoms with Gasteiger partial charge in [0, 0.05) is 12.8 Å². The molecule has 0 radical (unpaired) electrons. The smallest absolute Gasteiger partial charge is 0.170 e. The highest BCUT2D eigenvalue weighted by molar-refractivity contribution is 5.91. The van der Waals surface area contributed by atoms with Crippen molar-refractivity contribution in [3.05, 3.63) is 11.8 Å². The van der Waals surface area contributed by atoms with Gasteiger partial charge in [-0.2, -0.15) is 0 Å². The molecule has 2 unspecified atom stereocenters. The summed E-state index contributed by atoms with van der Waals surface area (Å²) in [6.07, 6.45) is 3.38. The van der Waals surface area contributed by atoms with Gasteiger partial charge in [0.1, 0.15) is 11.5 Å². The quantitative estimate of drug-likeness (QED) is 0.637. The van der Waals surface area contributed by atoms with Crippen molar-refractivity contribution in [1.29, 1.82) is 0 Å². The molecule has 0 bridgehead atoms. The van der Waals surface area contributed by atoms with E-state index in [0.717, 1.165) is 6.42 Å².